The Bertz CT molecular complexity index is 620. The van der Waals surface area contributed by atoms with E-state index in [4.69, 9.17) is 9.93 Å². The Labute approximate surface area is 104 Å². The second kappa shape index (κ2) is 3.94. The molecule has 0 unspecified atom stereocenters. The van der Waals surface area contributed by atoms with Crippen molar-refractivity contribution in [2.75, 3.05) is 0 Å². The summed E-state index contributed by atoms with van der Waals surface area (Å²) >= 11 is 0. The number of fused-ring (bicyclic) bond motifs is 1. The number of nitrogens with one attached hydrogen (secondary N) is 1. The Kier molecular flexibility index (Phi) is 2.40. The molecule has 0 atom stereocenters. The van der Waals surface area contributed by atoms with Gasteiger partial charge < -0.3 is 9.42 Å². The highest BCUT2D eigenvalue weighted by Gasteiger charge is 2.25. The zero-order chi connectivity index (χ0) is 12.7. The second-order valence-corrected chi connectivity index (χ2v) is 4.44. The van der Waals surface area contributed by atoms with E-state index in [1.54, 1.807) is 6.07 Å². The maximum Gasteiger partial charge on any atom is 0.156 e. The highest BCUT2D eigenvalue weighted by atomic mass is 19.1. The van der Waals surface area contributed by atoms with Gasteiger partial charge in [0.15, 0.2) is 5.76 Å². The summed E-state index contributed by atoms with van der Waals surface area (Å²) in [6.45, 7) is 2.94. The first-order valence-electron chi connectivity index (χ1n) is 5.68. The van der Waals surface area contributed by atoms with E-state index >= 15 is 0 Å². The number of aryl methyl sites for hydroxylation is 1. The van der Waals surface area contributed by atoms with Crippen LogP contribution in [0.15, 0.2) is 28.8 Å². The molecule has 0 spiro atoms. The van der Waals surface area contributed by atoms with Crippen LogP contribution < -0.4 is 0 Å². The van der Waals surface area contributed by atoms with E-state index in [2.05, 4.69) is 5.16 Å². The van der Waals surface area contributed by atoms with Crippen LogP contribution in [0.3, 0.4) is 0 Å². The van der Waals surface area contributed by atoms with E-state index in [1.165, 1.54) is 12.1 Å². The molecule has 1 aliphatic rings. The van der Waals surface area contributed by atoms with Crippen LogP contribution in [0.4, 0.5) is 4.39 Å². The molecule has 1 N–H and O–H groups in total. The van der Waals surface area contributed by atoms with Crippen LogP contribution >= 0.6 is 0 Å². The highest BCUT2D eigenvalue weighted by molar-refractivity contribution is 6.00. The smallest absolute Gasteiger partial charge is 0.156 e. The maximum atomic E-state index is 13.1. The fraction of sp³-hybridized carbons (Fsp3) is 0.231. The quantitative estimate of drug-likeness (QED) is 0.884. The van der Waals surface area contributed by atoms with E-state index in [0.717, 1.165) is 11.3 Å². The van der Waals surface area contributed by atoms with Gasteiger partial charge in [0.2, 0.25) is 0 Å². The first kappa shape index (κ1) is 11.0. The lowest BCUT2D eigenvalue weighted by molar-refractivity contribution is 0.318. The molecule has 0 radical (unpaired) electrons. The molecule has 4 nitrogen and oxygen atoms in total. The molecule has 1 aromatic heterocycles. The van der Waals surface area contributed by atoms with Crippen molar-refractivity contribution in [3.05, 3.63) is 52.7 Å². The Hall–Kier alpha value is -2.17. The van der Waals surface area contributed by atoms with Crippen LogP contribution in [0, 0.1) is 18.2 Å². The fourth-order valence-electron chi connectivity index (χ4n) is 2.18. The van der Waals surface area contributed by atoms with Gasteiger partial charge in [-0.05, 0) is 24.6 Å². The zero-order valence-electron chi connectivity index (χ0n) is 9.90. The molecule has 0 saturated heterocycles. The fourth-order valence-corrected chi connectivity index (χ4v) is 2.18. The molecule has 18 heavy (non-hydrogen) atoms. The lowest BCUT2D eigenvalue weighted by Gasteiger charge is -2.15. The third-order valence-corrected chi connectivity index (χ3v) is 3.03. The molecule has 2 heterocycles. The number of aromatic nitrogens is 1. The zero-order valence-corrected chi connectivity index (χ0v) is 9.90. The van der Waals surface area contributed by atoms with Crippen molar-refractivity contribution >= 4 is 5.84 Å². The minimum absolute atomic E-state index is 0.309. The predicted molar refractivity (Wildman–Crippen MR) is 63.7 cm³/mol. The minimum Gasteiger partial charge on any atom is -0.359 e. The van der Waals surface area contributed by atoms with Crippen molar-refractivity contribution in [3.63, 3.8) is 0 Å². The van der Waals surface area contributed by atoms with Crippen LogP contribution in [0.25, 0.3) is 0 Å². The number of nitrogens with zero attached hydrogens (tertiary/aromatic N) is 2. The summed E-state index contributed by atoms with van der Waals surface area (Å²) in [5, 5.41) is 11.9. The van der Waals surface area contributed by atoms with Gasteiger partial charge in [0, 0.05) is 18.2 Å². The standard InChI is InChI=1S/C13H12FN3O/c1-8-4-11(18-16-8)7-17-6-9-2-3-10(14)5-12(9)13(17)15/h2-5,15H,6-7H2,1H3. The summed E-state index contributed by atoms with van der Waals surface area (Å²) in [6, 6.07) is 6.40. The molecule has 3 rings (SSSR count). The normalized spacial score (nSPS) is 14.1. The Morgan fingerprint density at radius 2 is 2.28 bits per heavy atom. The monoisotopic (exact) mass is 245 g/mol. The molecule has 0 aliphatic carbocycles. The number of amidine groups is 1. The summed E-state index contributed by atoms with van der Waals surface area (Å²) in [4.78, 5) is 1.84. The maximum absolute atomic E-state index is 13.1. The van der Waals surface area contributed by atoms with Crippen molar-refractivity contribution in [1.29, 1.82) is 5.41 Å². The van der Waals surface area contributed by atoms with Crippen molar-refractivity contribution in [3.8, 4) is 0 Å². The first-order valence-corrected chi connectivity index (χ1v) is 5.68. The average Bonchev–Trinajstić information content (AvgIpc) is 2.86. The summed E-state index contributed by atoms with van der Waals surface area (Å²) < 4.78 is 18.3. The van der Waals surface area contributed by atoms with E-state index in [-0.39, 0.29) is 5.82 Å². The summed E-state index contributed by atoms with van der Waals surface area (Å²) in [7, 11) is 0. The van der Waals surface area contributed by atoms with Crippen molar-refractivity contribution in [2.45, 2.75) is 20.0 Å². The Balaban J connectivity index is 1.84. The molecule has 0 fully saturated rings. The van der Waals surface area contributed by atoms with Crippen molar-refractivity contribution in [2.24, 2.45) is 0 Å². The van der Waals surface area contributed by atoms with E-state index in [1.807, 2.05) is 17.9 Å². The van der Waals surface area contributed by atoms with Gasteiger partial charge in [-0.1, -0.05) is 11.2 Å². The number of benzene rings is 1. The highest BCUT2D eigenvalue weighted by Crippen LogP contribution is 2.25. The van der Waals surface area contributed by atoms with Gasteiger partial charge in [-0.25, -0.2) is 4.39 Å². The third-order valence-electron chi connectivity index (χ3n) is 3.03. The summed E-state index contributed by atoms with van der Waals surface area (Å²) in [5.74, 6) is 0.736. The molecule has 0 saturated carbocycles. The predicted octanol–water partition coefficient (Wildman–Crippen LogP) is 2.46. The van der Waals surface area contributed by atoms with Gasteiger partial charge in [0.05, 0.1) is 12.2 Å². The van der Waals surface area contributed by atoms with Crippen molar-refractivity contribution < 1.29 is 8.91 Å². The lowest BCUT2D eigenvalue weighted by atomic mass is 10.1. The molecule has 5 heteroatoms. The minimum atomic E-state index is -0.309. The van der Waals surface area contributed by atoms with Gasteiger partial charge >= 0.3 is 0 Å². The van der Waals surface area contributed by atoms with Gasteiger partial charge in [-0.2, -0.15) is 0 Å². The van der Waals surface area contributed by atoms with Gasteiger partial charge in [0.25, 0.3) is 0 Å². The molecule has 0 amide bonds. The van der Waals surface area contributed by atoms with Crippen LogP contribution in [0.2, 0.25) is 0 Å². The molecule has 1 aromatic carbocycles. The molecule has 2 aromatic rings. The summed E-state index contributed by atoms with van der Waals surface area (Å²) in [5.41, 5.74) is 2.45. The van der Waals surface area contributed by atoms with Crippen LogP contribution in [-0.2, 0) is 13.1 Å². The molecular weight excluding hydrogens is 233 g/mol. The van der Waals surface area contributed by atoms with Crippen molar-refractivity contribution in [1.82, 2.24) is 10.1 Å². The number of rotatable bonds is 2. The summed E-state index contributed by atoms with van der Waals surface area (Å²) in [6.07, 6.45) is 0. The topological polar surface area (TPSA) is 53.1 Å². The van der Waals surface area contributed by atoms with Gasteiger partial charge in [-0.15, -0.1) is 0 Å². The SMILES string of the molecule is Cc1cc(CN2Cc3ccc(F)cc3C2=N)on1. The van der Waals surface area contributed by atoms with Crippen LogP contribution in [0.5, 0.6) is 0 Å². The Morgan fingerprint density at radius 1 is 1.44 bits per heavy atom. The number of hydrogen-bond acceptors (Lipinski definition) is 3. The molecule has 92 valence electrons. The van der Waals surface area contributed by atoms with Gasteiger partial charge in [-0.3, -0.25) is 5.41 Å². The number of hydrogen-bond donors (Lipinski definition) is 1. The average molecular weight is 245 g/mol. The molecule has 1 aliphatic heterocycles. The largest absolute Gasteiger partial charge is 0.359 e. The van der Waals surface area contributed by atoms with Gasteiger partial charge in [0.1, 0.15) is 11.7 Å². The lowest BCUT2D eigenvalue weighted by Crippen LogP contribution is -2.23. The molecular formula is C13H12FN3O. The third kappa shape index (κ3) is 1.77. The van der Waals surface area contributed by atoms with Crippen LogP contribution in [0.1, 0.15) is 22.6 Å². The van der Waals surface area contributed by atoms with Crippen LogP contribution in [-0.4, -0.2) is 15.9 Å². The molecule has 0 bridgehead atoms. The van der Waals surface area contributed by atoms with E-state index in [9.17, 15) is 4.39 Å². The van der Waals surface area contributed by atoms with E-state index in [0.29, 0.717) is 30.2 Å². The Morgan fingerprint density at radius 3 is 3.00 bits per heavy atom. The number of halogens is 1. The van der Waals surface area contributed by atoms with E-state index < -0.39 is 0 Å². The second-order valence-electron chi connectivity index (χ2n) is 4.44. The first-order chi connectivity index (χ1) is 8.63.